The molecule has 4 rings (SSSR count). The van der Waals surface area contributed by atoms with Crippen molar-refractivity contribution in [1.82, 2.24) is 14.9 Å². The monoisotopic (exact) mass is 468 g/mol. The van der Waals surface area contributed by atoms with E-state index in [1.807, 2.05) is 43.1 Å². The molecule has 0 unspecified atom stereocenters. The van der Waals surface area contributed by atoms with Crippen molar-refractivity contribution in [2.45, 2.75) is 45.6 Å². The minimum Gasteiger partial charge on any atom is -0.492 e. The summed E-state index contributed by atoms with van der Waals surface area (Å²) in [6.45, 7) is 6.07. The zero-order valence-corrected chi connectivity index (χ0v) is 20.4. The predicted octanol–water partition coefficient (Wildman–Crippen LogP) is 4.20. The van der Waals surface area contributed by atoms with E-state index in [4.69, 9.17) is 4.74 Å². The van der Waals surface area contributed by atoms with Gasteiger partial charge in [-0.25, -0.2) is 9.97 Å². The predicted molar refractivity (Wildman–Crippen MR) is 132 cm³/mol. The Balaban J connectivity index is 1.53. The number of nitrogens with zero attached hydrogens (tertiary/aromatic N) is 4. The van der Waals surface area contributed by atoms with Crippen LogP contribution in [-0.2, 0) is 0 Å². The molecule has 1 aliphatic rings. The molecule has 176 valence electrons. The Bertz CT molecular complexity index is 1100. The van der Waals surface area contributed by atoms with Crippen molar-refractivity contribution in [3.8, 4) is 5.75 Å². The second kappa shape index (κ2) is 10.5. The van der Waals surface area contributed by atoms with E-state index in [1.165, 1.54) is 16.9 Å². The molecule has 1 aromatic carbocycles. The summed E-state index contributed by atoms with van der Waals surface area (Å²) in [5.74, 6) is 1.70. The van der Waals surface area contributed by atoms with Gasteiger partial charge in [-0.05, 0) is 57.2 Å². The molecule has 1 N–H and O–H groups in total. The Morgan fingerprint density at radius 3 is 2.79 bits per heavy atom. The number of aryl methyl sites for hydroxylation is 2. The van der Waals surface area contributed by atoms with Gasteiger partial charge in [0, 0.05) is 26.2 Å². The Morgan fingerprint density at radius 2 is 2.03 bits per heavy atom. The number of carbonyl (C=O) groups excluding carboxylic acids is 1. The lowest BCUT2D eigenvalue weighted by Crippen LogP contribution is -2.44. The fourth-order valence-corrected chi connectivity index (χ4v) is 5.53. The molecule has 1 fully saturated rings. The number of aliphatic hydroxyl groups is 1. The molecule has 1 atom stereocenters. The molecule has 1 saturated heterocycles. The molecule has 8 heteroatoms. The Morgan fingerprint density at radius 1 is 1.24 bits per heavy atom. The topological polar surface area (TPSA) is 78.8 Å². The number of rotatable bonds is 8. The van der Waals surface area contributed by atoms with Crippen LogP contribution in [0.5, 0.6) is 5.75 Å². The van der Waals surface area contributed by atoms with E-state index in [2.05, 4.69) is 21.8 Å². The number of hydrogen-bond donors (Lipinski definition) is 1. The zero-order chi connectivity index (χ0) is 23.4. The number of likely N-dealkylation sites (tertiary alicyclic amines) is 1. The van der Waals surface area contributed by atoms with Gasteiger partial charge in [0.15, 0.2) is 0 Å². The van der Waals surface area contributed by atoms with Gasteiger partial charge in [0.25, 0.3) is 5.91 Å². The van der Waals surface area contributed by atoms with Gasteiger partial charge in [-0.1, -0.05) is 17.7 Å². The summed E-state index contributed by atoms with van der Waals surface area (Å²) in [6, 6.07) is 8.13. The van der Waals surface area contributed by atoms with E-state index in [0.29, 0.717) is 19.6 Å². The summed E-state index contributed by atoms with van der Waals surface area (Å²) < 4.78 is 5.89. The number of piperidine rings is 1. The average Bonchev–Trinajstić information content (AvgIpc) is 3.17. The third-order valence-electron chi connectivity index (χ3n) is 6.33. The van der Waals surface area contributed by atoms with Crippen LogP contribution in [0.2, 0.25) is 0 Å². The maximum absolute atomic E-state index is 13.5. The van der Waals surface area contributed by atoms with E-state index < -0.39 is 0 Å². The van der Waals surface area contributed by atoms with E-state index in [-0.39, 0.29) is 18.6 Å². The fraction of sp³-hybridized carbons (Fsp3) is 0.480. The molecule has 0 aliphatic carbocycles. The third-order valence-corrected chi connectivity index (χ3v) is 7.52. The molecule has 0 bridgehead atoms. The van der Waals surface area contributed by atoms with E-state index in [1.54, 1.807) is 6.33 Å². The highest BCUT2D eigenvalue weighted by atomic mass is 32.1. The number of anilines is 1. The van der Waals surface area contributed by atoms with Gasteiger partial charge in [0.1, 0.15) is 29.3 Å². The van der Waals surface area contributed by atoms with Gasteiger partial charge in [0.2, 0.25) is 0 Å². The van der Waals surface area contributed by atoms with Crippen LogP contribution in [0, 0.1) is 13.8 Å². The lowest BCUT2D eigenvalue weighted by atomic mass is 9.99. The lowest BCUT2D eigenvalue weighted by Gasteiger charge is -2.35. The molecule has 0 spiro atoms. The maximum atomic E-state index is 13.5. The highest BCUT2D eigenvalue weighted by Gasteiger charge is 2.30. The van der Waals surface area contributed by atoms with Gasteiger partial charge in [-0.15, -0.1) is 11.3 Å². The number of fused-ring (bicyclic) bond motifs is 1. The molecule has 1 amide bonds. The van der Waals surface area contributed by atoms with E-state index in [9.17, 15) is 9.90 Å². The fourth-order valence-electron chi connectivity index (χ4n) is 4.43. The lowest BCUT2D eigenvalue weighted by molar-refractivity contribution is 0.0579. The highest BCUT2D eigenvalue weighted by molar-refractivity contribution is 7.20. The van der Waals surface area contributed by atoms with Crippen LogP contribution in [0.15, 0.2) is 30.6 Å². The summed E-state index contributed by atoms with van der Waals surface area (Å²) in [4.78, 5) is 28.0. The molecular formula is C25H32N4O3S. The molecule has 0 radical (unpaired) electrons. The van der Waals surface area contributed by atoms with Gasteiger partial charge < -0.3 is 19.6 Å². The molecule has 33 heavy (non-hydrogen) atoms. The summed E-state index contributed by atoms with van der Waals surface area (Å²) in [5, 5.41) is 10.4. The number of thiophene rings is 1. The Kier molecular flexibility index (Phi) is 7.45. The van der Waals surface area contributed by atoms with Gasteiger partial charge in [0.05, 0.1) is 16.8 Å². The summed E-state index contributed by atoms with van der Waals surface area (Å²) in [6.07, 6.45) is 5.25. The highest BCUT2D eigenvalue weighted by Crippen LogP contribution is 2.36. The number of hydrogen-bond acceptors (Lipinski definition) is 7. The van der Waals surface area contributed by atoms with Crippen LogP contribution in [0.1, 0.15) is 46.5 Å². The summed E-state index contributed by atoms with van der Waals surface area (Å²) >= 11 is 1.44. The molecule has 1 aliphatic heterocycles. The third kappa shape index (κ3) is 5.12. The van der Waals surface area contributed by atoms with Crippen molar-refractivity contribution < 1.29 is 14.6 Å². The zero-order valence-electron chi connectivity index (χ0n) is 19.6. The Hall–Kier alpha value is -2.71. The first-order valence-corrected chi connectivity index (χ1v) is 12.4. The van der Waals surface area contributed by atoms with Crippen LogP contribution in [0.3, 0.4) is 0 Å². The van der Waals surface area contributed by atoms with Crippen molar-refractivity contribution in [3.63, 3.8) is 0 Å². The normalized spacial score (nSPS) is 16.2. The van der Waals surface area contributed by atoms with Crippen LogP contribution >= 0.6 is 11.3 Å². The second-order valence-electron chi connectivity index (χ2n) is 8.68. The van der Waals surface area contributed by atoms with E-state index in [0.717, 1.165) is 58.0 Å². The Labute approximate surface area is 199 Å². The van der Waals surface area contributed by atoms with Gasteiger partial charge in [-0.2, -0.15) is 0 Å². The van der Waals surface area contributed by atoms with Crippen molar-refractivity contribution in [3.05, 3.63) is 46.6 Å². The van der Waals surface area contributed by atoms with Crippen molar-refractivity contribution in [2.75, 3.05) is 38.3 Å². The summed E-state index contributed by atoms with van der Waals surface area (Å²) in [7, 11) is 1.99. The molecule has 2 aromatic heterocycles. The number of aromatic nitrogens is 2. The largest absolute Gasteiger partial charge is 0.492 e. The number of aliphatic hydroxyl groups excluding tert-OH is 1. The molecule has 7 nitrogen and oxygen atoms in total. The molecule has 3 aromatic rings. The SMILES string of the molecule is Cc1ccc(OCCN(C)c2ncnc3sc(C(=O)N4CCCC[C@H]4CCO)c(C)c23)cc1. The van der Waals surface area contributed by atoms with Crippen molar-refractivity contribution in [2.24, 2.45) is 0 Å². The standard InChI is InChI=1S/C25H32N4O3S/c1-17-7-9-20(10-8-17)32-15-13-28(3)23-21-18(2)22(33-24(21)27-16-26-23)25(31)29-12-5-4-6-19(29)11-14-30/h7-10,16,19,30H,4-6,11-15H2,1-3H3/t19-/m0/s1. The maximum Gasteiger partial charge on any atom is 0.264 e. The first kappa shape index (κ1) is 23.4. The van der Waals surface area contributed by atoms with Crippen LogP contribution in [-0.4, -0.2) is 65.3 Å². The van der Waals surface area contributed by atoms with Gasteiger partial charge >= 0.3 is 0 Å². The minimum atomic E-state index is 0.0463. The van der Waals surface area contributed by atoms with E-state index >= 15 is 0 Å². The van der Waals surface area contributed by atoms with Crippen LogP contribution in [0.4, 0.5) is 5.82 Å². The van der Waals surface area contributed by atoms with Crippen LogP contribution < -0.4 is 9.64 Å². The number of likely N-dealkylation sites (N-methyl/N-ethyl adjacent to an activating group) is 1. The average molecular weight is 469 g/mol. The van der Waals surface area contributed by atoms with Crippen LogP contribution in [0.25, 0.3) is 10.2 Å². The smallest absolute Gasteiger partial charge is 0.264 e. The molecule has 0 saturated carbocycles. The van der Waals surface area contributed by atoms with Gasteiger partial charge in [-0.3, -0.25) is 4.79 Å². The van der Waals surface area contributed by atoms with Crippen molar-refractivity contribution >= 4 is 33.3 Å². The quantitative estimate of drug-likeness (QED) is 0.534. The second-order valence-corrected chi connectivity index (χ2v) is 9.68. The number of ether oxygens (including phenoxy) is 1. The summed E-state index contributed by atoms with van der Waals surface area (Å²) in [5.41, 5.74) is 2.13. The first-order chi connectivity index (χ1) is 16.0. The number of benzene rings is 1. The number of amides is 1. The minimum absolute atomic E-state index is 0.0463. The number of carbonyl (C=O) groups is 1. The first-order valence-electron chi connectivity index (χ1n) is 11.6. The molecular weight excluding hydrogens is 436 g/mol. The molecule has 3 heterocycles. The van der Waals surface area contributed by atoms with Crippen molar-refractivity contribution in [1.29, 1.82) is 0 Å².